The summed E-state index contributed by atoms with van der Waals surface area (Å²) in [6.07, 6.45) is 3.64. The van der Waals surface area contributed by atoms with Gasteiger partial charge in [0.25, 0.3) is 11.9 Å². The Morgan fingerprint density at radius 3 is 1.58 bits per heavy atom. The third kappa shape index (κ3) is 2.22. The second kappa shape index (κ2) is 4.27. The van der Waals surface area contributed by atoms with Crippen molar-refractivity contribution in [3.63, 3.8) is 0 Å². The van der Waals surface area contributed by atoms with E-state index >= 15 is 0 Å². The molecule has 0 unspecified atom stereocenters. The summed E-state index contributed by atoms with van der Waals surface area (Å²) in [4.78, 5) is 13.0. The van der Waals surface area contributed by atoms with Crippen LogP contribution in [-0.2, 0) is 0 Å². The van der Waals surface area contributed by atoms with Gasteiger partial charge in [-0.05, 0) is 32.9 Å². The molecule has 0 atom stereocenters. The van der Waals surface area contributed by atoms with Gasteiger partial charge in [0.2, 0.25) is 0 Å². The summed E-state index contributed by atoms with van der Waals surface area (Å²) < 4.78 is 3.26. The highest BCUT2D eigenvalue weighted by Gasteiger charge is 2.09. The molecule has 0 radical (unpaired) electrons. The van der Waals surface area contributed by atoms with Crippen molar-refractivity contribution in [2.75, 3.05) is 0 Å². The van der Waals surface area contributed by atoms with Gasteiger partial charge in [-0.25, -0.2) is 9.36 Å². The lowest BCUT2D eigenvalue weighted by atomic mass is 10.5. The predicted molar refractivity (Wildman–Crippen MR) is 68.3 cm³/mol. The number of hydrogen-bond acceptors (Lipinski definition) is 5. The molecule has 96 valence electrons. The molecule has 0 spiro atoms. The molecule has 3 rings (SSSR count). The summed E-state index contributed by atoms with van der Waals surface area (Å²) in [5, 5.41) is 8.59. The van der Waals surface area contributed by atoms with Crippen LogP contribution in [-0.4, -0.2) is 34.5 Å². The normalized spacial score (nSPS) is 10.9. The molecule has 3 heterocycles. The number of rotatable bonds is 2. The van der Waals surface area contributed by atoms with E-state index < -0.39 is 0 Å². The largest absolute Gasteiger partial charge is 0.255 e. The average Bonchev–Trinajstić information content (AvgIpc) is 2.97. The quantitative estimate of drug-likeness (QED) is 0.687. The van der Waals surface area contributed by atoms with Crippen molar-refractivity contribution in [1.82, 2.24) is 34.5 Å². The van der Waals surface area contributed by atoms with E-state index in [9.17, 15) is 0 Å². The Labute approximate surface area is 110 Å². The predicted octanol–water partition coefficient (Wildman–Crippen LogP) is 1.17. The highest BCUT2D eigenvalue weighted by molar-refractivity contribution is 5.20. The molecule has 0 aliphatic rings. The third-order valence-corrected chi connectivity index (χ3v) is 2.58. The van der Waals surface area contributed by atoms with Crippen molar-refractivity contribution in [2.45, 2.75) is 20.8 Å². The first-order valence-electron chi connectivity index (χ1n) is 5.90. The van der Waals surface area contributed by atoms with E-state index in [1.165, 1.54) is 0 Å². The van der Waals surface area contributed by atoms with Crippen molar-refractivity contribution in [1.29, 1.82) is 0 Å². The van der Waals surface area contributed by atoms with Gasteiger partial charge < -0.3 is 0 Å². The lowest BCUT2D eigenvalue weighted by molar-refractivity contribution is 0.724. The van der Waals surface area contributed by atoms with Crippen molar-refractivity contribution in [3.05, 3.63) is 41.7 Å². The fourth-order valence-corrected chi connectivity index (χ4v) is 1.71. The Morgan fingerprint density at radius 1 is 0.737 bits per heavy atom. The van der Waals surface area contributed by atoms with E-state index in [4.69, 9.17) is 0 Å². The first kappa shape index (κ1) is 11.5. The number of aryl methyl sites for hydroxylation is 3. The molecule has 0 fully saturated rings. The van der Waals surface area contributed by atoms with Crippen molar-refractivity contribution >= 4 is 0 Å². The minimum absolute atomic E-state index is 0.490. The molecule has 7 nitrogen and oxygen atoms in total. The van der Waals surface area contributed by atoms with Crippen LogP contribution < -0.4 is 0 Å². The first-order valence-corrected chi connectivity index (χ1v) is 5.90. The summed E-state index contributed by atoms with van der Waals surface area (Å²) >= 11 is 0. The number of aromatic nitrogens is 7. The van der Waals surface area contributed by atoms with Gasteiger partial charge in [-0.1, -0.05) is 0 Å². The second-order valence-corrected chi connectivity index (χ2v) is 4.29. The molecule has 0 aromatic carbocycles. The molecular weight excluding hydrogens is 242 g/mol. The van der Waals surface area contributed by atoms with E-state index in [-0.39, 0.29) is 0 Å². The zero-order valence-electron chi connectivity index (χ0n) is 10.9. The molecule has 19 heavy (non-hydrogen) atoms. The van der Waals surface area contributed by atoms with Crippen molar-refractivity contribution in [3.8, 4) is 11.9 Å². The third-order valence-electron chi connectivity index (χ3n) is 2.58. The molecule has 3 aromatic rings. The van der Waals surface area contributed by atoms with Crippen LogP contribution in [0, 0.1) is 20.8 Å². The Bertz CT molecular complexity index is 667. The maximum absolute atomic E-state index is 4.38. The molecule has 0 bridgehead atoms. The molecule has 0 aliphatic heterocycles. The zero-order valence-corrected chi connectivity index (χ0v) is 10.9. The zero-order chi connectivity index (χ0) is 13.4. The van der Waals surface area contributed by atoms with Gasteiger partial charge in [-0.3, -0.25) is 0 Å². The topological polar surface area (TPSA) is 74.3 Å². The van der Waals surface area contributed by atoms with Crippen LogP contribution in [0.5, 0.6) is 0 Å². The minimum atomic E-state index is 0.490. The molecule has 0 saturated heterocycles. The van der Waals surface area contributed by atoms with E-state index in [0.29, 0.717) is 17.7 Å². The second-order valence-electron chi connectivity index (χ2n) is 4.29. The summed E-state index contributed by atoms with van der Waals surface area (Å²) in [6, 6.07) is 3.80. The molecule has 0 saturated carbocycles. The van der Waals surface area contributed by atoms with Gasteiger partial charge in [0.1, 0.15) is 5.82 Å². The van der Waals surface area contributed by atoms with Gasteiger partial charge in [-0.2, -0.15) is 25.1 Å². The summed E-state index contributed by atoms with van der Waals surface area (Å²) in [5.41, 5.74) is 1.82. The van der Waals surface area contributed by atoms with E-state index in [1.807, 2.05) is 45.3 Å². The monoisotopic (exact) mass is 255 g/mol. The van der Waals surface area contributed by atoms with Gasteiger partial charge in [0, 0.05) is 12.4 Å². The SMILES string of the molecule is Cc1ccn(-c2nc(C)nc(-n3ccc(C)n3)n2)n1. The maximum atomic E-state index is 4.38. The van der Waals surface area contributed by atoms with Gasteiger partial charge >= 0.3 is 0 Å². The molecule has 0 N–H and O–H groups in total. The Morgan fingerprint density at radius 2 is 1.21 bits per heavy atom. The van der Waals surface area contributed by atoms with Crippen LogP contribution in [0.1, 0.15) is 17.2 Å². The highest BCUT2D eigenvalue weighted by atomic mass is 15.4. The van der Waals surface area contributed by atoms with Crippen LogP contribution in [0.3, 0.4) is 0 Å². The van der Waals surface area contributed by atoms with Crippen LogP contribution in [0.15, 0.2) is 24.5 Å². The number of hydrogen-bond donors (Lipinski definition) is 0. The highest BCUT2D eigenvalue weighted by Crippen LogP contribution is 2.06. The average molecular weight is 255 g/mol. The Hall–Kier alpha value is -2.57. The van der Waals surface area contributed by atoms with E-state index in [2.05, 4.69) is 25.1 Å². The lowest BCUT2D eigenvalue weighted by Gasteiger charge is -2.04. The van der Waals surface area contributed by atoms with Gasteiger partial charge in [0.15, 0.2) is 0 Å². The van der Waals surface area contributed by atoms with Crippen LogP contribution >= 0.6 is 0 Å². The summed E-state index contributed by atoms with van der Waals surface area (Å²) in [5.74, 6) is 1.61. The van der Waals surface area contributed by atoms with Crippen LogP contribution in [0.4, 0.5) is 0 Å². The molecule has 3 aromatic heterocycles. The maximum Gasteiger partial charge on any atom is 0.255 e. The summed E-state index contributed by atoms with van der Waals surface area (Å²) in [6.45, 7) is 5.66. The lowest BCUT2D eigenvalue weighted by Crippen LogP contribution is -2.11. The molecule has 0 aliphatic carbocycles. The summed E-state index contributed by atoms with van der Waals surface area (Å²) in [7, 11) is 0. The fourth-order valence-electron chi connectivity index (χ4n) is 1.71. The van der Waals surface area contributed by atoms with Crippen LogP contribution in [0.2, 0.25) is 0 Å². The Balaban J connectivity index is 2.10. The van der Waals surface area contributed by atoms with Crippen LogP contribution in [0.25, 0.3) is 11.9 Å². The van der Waals surface area contributed by atoms with Gasteiger partial charge in [-0.15, -0.1) is 0 Å². The fraction of sp³-hybridized carbons (Fsp3) is 0.250. The van der Waals surface area contributed by atoms with Crippen molar-refractivity contribution in [2.24, 2.45) is 0 Å². The van der Waals surface area contributed by atoms with Gasteiger partial charge in [0.05, 0.1) is 11.4 Å². The Kier molecular flexibility index (Phi) is 2.59. The minimum Gasteiger partial charge on any atom is -0.206 e. The van der Waals surface area contributed by atoms with E-state index in [0.717, 1.165) is 11.4 Å². The molecular formula is C12H13N7. The smallest absolute Gasteiger partial charge is 0.206 e. The molecule has 0 amide bonds. The standard InChI is InChI=1S/C12H13N7/c1-8-4-6-18(16-8)11-13-10(3)14-12(15-11)19-7-5-9(2)17-19/h4-7H,1-3H3. The first-order chi connectivity index (χ1) is 9.11. The number of nitrogens with zero attached hydrogens (tertiary/aromatic N) is 7. The van der Waals surface area contributed by atoms with E-state index in [1.54, 1.807) is 9.36 Å². The van der Waals surface area contributed by atoms with Crippen molar-refractivity contribution < 1.29 is 0 Å². The molecule has 7 heteroatoms.